The fourth-order valence-corrected chi connectivity index (χ4v) is 2.55. The molecule has 11 heteroatoms. The number of carbonyl (C=O) groups is 3. The van der Waals surface area contributed by atoms with Crippen LogP contribution in [0.1, 0.15) is 24.2 Å². The van der Waals surface area contributed by atoms with E-state index in [1.165, 1.54) is 49.3 Å². The maximum atomic E-state index is 12.8. The molecule has 0 spiro atoms. The first-order valence-corrected chi connectivity index (χ1v) is 8.27. The van der Waals surface area contributed by atoms with Crippen LogP contribution in [0.2, 0.25) is 0 Å². The van der Waals surface area contributed by atoms with Crippen LogP contribution in [0.25, 0.3) is 5.69 Å². The summed E-state index contributed by atoms with van der Waals surface area (Å²) in [5.74, 6) is -2.25. The van der Waals surface area contributed by atoms with E-state index in [9.17, 15) is 29.6 Å². The molecule has 2 amide bonds. The molecule has 2 rings (SSSR count). The molecule has 0 aliphatic rings. The Bertz CT molecular complexity index is 895. The maximum absolute atomic E-state index is 12.8. The first-order valence-electron chi connectivity index (χ1n) is 8.27. The zero-order chi connectivity index (χ0) is 20.8. The largest absolute Gasteiger partial charge is 0.480 e. The number of aliphatic carboxylic acids is 1. The summed E-state index contributed by atoms with van der Waals surface area (Å²) in [5, 5.41) is 23.2. The van der Waals surface area contributed by atoms with Crippen LogP contribution in [0.5, 0.6) is 0 Å². The summed E-state index contributed by atoms with van der Waals surface area (Å²) in [5.41, 5.74) is -0.143. The third kappa shape index (κ3) is 4.69. The number of benzene rings is 1. The van der Waals surface area contributed by atoms with Crippen molar-refractivity contribution in [2.75, 3.05) is 13.1 Å². The van der Waals surface area contributed by atoms with Crippen LogP contribution in [-0.2, 0) is 9.59 Å². The number of rotatable bonds is 8. The Kier molecular flexibility index (Phi) is 6.42. The monoisotopic (exact) mass is 389 g/mol. The molecule has 0 radical (unpaired) electrons. The highest BCUT2D eigenvalue weighted by Gasteiger charge is 2.28. The van der Waals surface area contributed by atoms with Gasteiger partial charge < -0.3 is 19.9 Å². The van der Waals surface area contributed by atoms with Crippen LogP contribution in [0.4, 0.5) is 5.69 Å². The number of imidazole rings is 1. The van der Waals surface area contributed by atoms with Gasteiger partial charge in [-0.2, -0.15) is 0 Å². The standard InChI is InChI=1S/C17H19N5O6/c1-11(17(25)26)21(8-6-19-12(2)23)16(24)13-3-4-14(15(9-13)22(27)28)20-7-5-18-10-20/h3-5,7,9-11H,6,8H2,1-2H3,(H,19,23)(H,25,26). The lowest BCUT2D eigenvalue weighted by Gasteiger charge is -2.26. The smallest absolute Gasteiger partial charge is 0.326 e. The number of hydrogen-bond acceptors (Lipinski definition) is 6. The van der Waals surface area contributed by atoms with Gasteiger partial charge in [0.05, 0.1) is 11.3 Å². The number of hydrogen-bond donors (Lipinski definition) is 2. The second-order valence-corrected chi connectivity index (χ2v) is 5.93. The van der Waals surface area contributed by atoms with Crippen molar-refractivity contribution >= 4 is 23.5 Å². The molecule has 2 N–H and O–H groups in total. The number of nitro groups is 1. The minimum absolute atomic E-state index is 0.0357. The normalized spacial score (nSPS) is 11.5. The quantitative estimate of drug-likeness (QED) is 0.502. The molecular formula is C17H19N5O6. The summed E-state index contributed by atoms with van der Waals surface area (Å²) in [4.78, 5) is 50.9. The Morgan fingerprint density at radius 2 is 2.11 bits per heavy atom. The fourth-order valence-electron chi connectivity index (χ4n) is 2.55. The Hall–Kier alpha value is -3.76. The van der Waals surface area contributed by atoms with E-state index in [-0.39, 0.29) is 35.9 Å². The molecule has 1 aromatic heterocycles. The molecule has 28 heavy (non-hydrogen) atoms. The zero-order valence-corrected chi connectivity index (χ0v) is 15.2. The van der Waals surface area contributed by atoms with Gasteiger partial charge in [0.15, 0.2) is 0 Å². The Balaban J connectivity index is 2.37. The molecule has 0 bridgehead atoms. The van der Waals surface area contributed by atoms with E-state index in [2.05, 4.69) is 10.3 Å². The molecule has 11 nitrogen and oxygen atoms in total. The number of nitrogens with one attached hydrogen (secondary N) is 1. The van der Waals surface area contributed by atoms with E-state index >= 15 is 0 Å². The van der Waals surface area contributed by atoms with Gasteiger partial charge in [-0.3, -0.25) is 19.7 Å². The second-order valence-electron chi connectivity index (χ2n) is 5.93. The third-order valence-corrected chi connectivity index (χ3v) is 4.01. The molecule has 0 saturated heterocycles. The topological polar surface area (TPSA) is 148 Å². The summed E-state index contributed by atoms with van der Waals surface area (Å²) < 4.78 is 1.43. The number of nitrogens with zero attached hydrogens (tertiary/aromatic N) is 4. The number of aromatic nitrogens is 2. The van der Waals surface area contributed by atoms with Crippen molar-refractivity contribution in [2.24, 2.45) is 0 Å². The number of nitro benzene ring substituents is 1. The number of amides is 2. The first kappa shape index (κ1) is 20.6. The fraction of sp³-hybridized carbons (Fsp3) is 0.294. The Morgan fingerprint density at radius 3 is 2.64 bits per heavy atom. The number of carbonyl (C=O) groups excluding carboxylic acids is 2. The highest BCUT2D eigenvalue weighted by atomic mass is 16.6. The van der Waals surface area contributed by atoms with Crippen molar-refractivity contribution in [1.29, 1.82) is 0 Å². The summed E-state index contributed by atoms with van der Waals surface area (Å²) >= 11 is 0. The van der Waals surface area contributed by atoms with E-state index in [1.54, 1.807) is 0 Å². The summed E-state index contributed by atoms with van der Waals surface area (Å²) in [6.45, 7) is 2.60. The average Bonchev–Trinajstić information content (AvgIpc) is 3.18. The van der Waals surface area contributed by atoms with Crippen LogP contribution in [-0.4, -0.2) is 61.4 Å². The predicted molar refractivity (Wildman–Crippen MR) is 97.0 cm³/mol. The molecule has 0 aliphatic carbocycles. The van der Waals surface area contributed by atoms with Gasteiger partial charge in [-0.1, -0.05) is 0 Å². The molecule has 1 aromatic carbocycles. The van der Waals surface area contributed by atoms with Gasteiger partial charge in [-0.15, -0.1) is 0 Å². The molecule has 1 atom stereocenters. The highest BCUT2D eigenvalue weighted by Crippen LogP contribution is 2.25. The summed E-state index contributed by atoms with van der Waals surface area (Å²) in [6.07, 6.45) is 4.37. The maximum Gasteiger partial charge on any atom is 0.326 e. The van der Waals surface area contributed by atoms with E-state index in [4.69, 9.17) is 0 Å². The van der Waals surface area contributed by atoms with Crippen molar-refractivity contribution in [3.63, 3.8) is 0 Å². The van der Waals surface area contributed by atoms with Crippen LogP contribution in [0, 0.1) is 10.1 Å². The second kappa shape index (κ2) is 8.75. The molecule has 0 saturated carbocycles. The van der Waals surface area contributed by atoms with Gasteiger partial charge in [0.1, 0.15) is 11.7 Å². The van der Waals surface area contributed by atoms with Crippen LogP contribution >= 0.6 is 0 Å². The van der Waals surface area contributed by atoms with Gasteiger partial charge in [0.2, 0.25) is 5.91 Å². The molecule has 1 heterocycles. The van der Waals surface area contributed by atoms with Gasteiger partial charge in [0, 0.05) is 44.0 Å². The molecule has 2 aromatic rings. The zero-order valence-electron chi connectivity index (χ0n) is 15.2. The summed E-state index contributed by atoms with van der Waals surface area (Å²) in [6, 6.07) is 2.68. The van der Waals surface area contributed by atoms with E-state index in [1.807, 2.05) is 0 Å². The van der Waals surface area contributed by atoms with Gasteiger partial charge in [0.25, 0.3) is 11.6 Å². The van der Waals surface area contributed by atoms with Crippen molar-refractivity contribution in [2.45, 2.75) is 19.9 Å². The van der Waals surface area contributed by atoms with Crippen molar-refractivity contribution in [3.05, 3.63) is 52.6 Å². The van der Waals surface area contributed by atoms with Crippen LogP contribution < -0.4 is 5.32 Å². The van der Waals surface area contributed by atoms with Crippen LogP contribution in [0.3, 0.4) is 0 Å². The van der Waals surface area contributed by atoms with E-state index < -0.39 is 22.8 Å². The Labute approximate surface area is 159 Å². The van der Waals surface area contributed by atoms with Crippen molar-refractivity contribution in [1.82, 2.24) is 19.8 Å². The lowest BCUT2D eigenvalue weighted by molar-refractivity contribution is -0.384. The van der Waals surface area contributed by atoms with Gasteiger partial charge >= 0.3 is 5.97 Å². The molecule has 1 unspecified atom stereocenters. The average molecular weight is 389 g/mol. The number of carboxylic acids is 1. The molecular weight excluding hydrogens is 370 g/mol. The number of carboxylic acid groups (broad SMARTS) is 1. The lowest BCUT2D eigenvalue weighted by atomic mass is 10.1. The predicted octanol–water partition coefficient (Wildman–Crippen LogP) is 0.832. The molecule has 148 valence electrons. The Morgan fingerprint density at radius 1 is 1.39 bits per heavy atom. The van der Waals surface area contributed by atoms with Gasteiger partial charge in [-0.25, -0.2) is 9.78 Å². The highest BCUT2D eigenvalue weighted by molar-refractivity contribution is 5.97. The lowest BCUT2D eigenvalue weighted by Crippen LogP contribution is -2.46. The minimum atomic E-state index is -1.24. The SMILES string of the molecule is CC(=O)NCCN(C(=O)c1ccc(-n2ccnc2)c([N+](=O)[O-])c1)C(C)C(=O)O. The van der Waals surface area contributed by atoms with Crippen LogP contribution in [0.15, 0.2) is 36.9 Å². The van der Waals surface area contributed by atoms with Gasteiger partial charge in [-0.05, 0) is 19.1 Å². The molecule has 0 aliphatic heterocycles. The van der Waals surface area contributed by atoms with E-state index in [0.29, 0.717) is 0 Å². The van der Waals surface area contributed by atoms with Crippen molar-refractivity contribution < 1.29 is 24.4 Å². The molecule has 0 fully saturated rings. The van der Waals surface area contributed by atoms with Crippen molar-refractivity contribution in [3.8, 4) is 5.69 Å². The third-order valence-electron chi connectivity index (χ3n) is 4.01. The minimum Gasteiger partial charge on any atom is -0.480 e. The van der Waals surface area contributed by atoms with E-state index in [0.717, 1.165) is 11.0 Å². The first-order chi connectivity index (χ1) is 13.2. The summed E-state index contributed by atoms with van der Waals surface area (Å²) in [7, 11) is 0.